The molecule has 2 aromatic carbocycles. The number of rotatable bonds is 9. The highest BCUT2D eigenvalue weighted by molar-refractivity contribution is 5.96. The average Bonchev–Trinajstić information content (AvgIpc) is 2.67. The Morgan fingerprint density at radius 3 is 2.46 bits per heavy atom. The summed E-state index contributed by atoms with van der Waals surface area (Å²) >= 11 is 0. The number of nitrogens with one attached hydrogen (secondary N) is 2. The van der Waals surface area contributed by atoms with Crippen LogP contribution in [0.5, 0.6) is 5.75 Å². The van der Waals surface area contributed by atoms with Gasteiger partial charge in [-0.05, 0) is 30.2 Å². The molecule has 148 valence electrons. The van der Waals surface area contributed by atoms with E-state index in [9.17, 15) is 28.5 Å². The lowest BCUT2D eigenvalue weighted by molar-refractivity contribution is -0.384. The Hall–Kier alpha value is -3.56. The van der Waals surface area contributed by atoms with Crippen LogP contribution in [0.2, 0.25) is 0 Å². The molecule has 8 nitrogen and oxygen atoms in total. The molecule has 0 saturated heterocycles. The molecule has 2 aromatic rings. The maximum atomic E-state index is 12.1. The minimum absolute atomic E-state index is 0.0478. The predicted octanol–water partition coefficient (Wildman–Crippen LogP) is 2.28. The Morgan fingerprint density at radius 2 is 1.82 bits per heavy atom. The molecule has 0 radical (unpaired) electrons. The summed E-state index contributed by atoms with van der Waals surface area (Å²) in [4.78, 5) is 33.8. The molecule has 0 aromatic heterocycles. The van der Waals surface area contributed by atoms with Crippen LogP contribution in [0.1, 0.15) is 15.9 Å². The van der Waals surface area contributed by atoms with E-state index in [4.69, 9.17) is 0 Å². The zero-order valence-corrected chi connectivity index (χ0v) is 14.6. The summed E-state index contributed by atoms with van der Waals surface area (Å²) in [6.07, 6.45) is 0.458. The Labute approximate surface area is 158 Å². The van der Waals surface area contributed by atoms with E-state index in [1.807, 2.05) is 0 Å². The normalized spacial score (nSPS) is 10.4. The fourth-order valence-corrected chi connectivity index (χ4v) is 2.27. The van der Waals surface area contributed by atoms with Gasteiger partial charge in [-0.25, -0.2) is 0 Å². The molecule has 2 rings (SSSR count). The van der Waals surface area contributed by atoms with Crippen molar-refractivity contribution >= 4 is 17.5 Å². The SMILES string of the molecule is O=C(CNC(=O)c1cccc([N+](=O)[O-])c1)NCCc1ccc(OC(F)F)cc1. The number of benzene rings is 2. The smallest absolute Gasteiger partial charge is 0.387 e. The number of hydrogen-bond donors (Lipinski definition) is 2. The van der Waals surface area contributed by atoms with Gasteiger partial charge in [0.1, 0.15) is 5.75 Å². The third-order valence-corrected chi connectivity index (χ3v) is 3.61. The van der Waals surface area contributed by atoms with E-state index in [0.717, 1.165) is 11.6 Å². The van der Waals surface area contributed by atoms with E-state index in [0.29, 0.717) is 6.42 Å². The molecule has 0 bridgehead atoms. The fourth-order valence-electron chi connectivity index (χ4n) is 2.27. The maximum Gasteiger partial charge on any atom is 0.387 e. The Balaban J connectivity index is 1.73. The highest BCUT2D eigenvalue weighted by Crippen LogP contribution is 2.15. The number of ether oxygens (including phenoxy) is 1. The predicted molar refractivity (Wildman–Crippen MR) is 95.2 cm³/mol. The van der Waals surface area contributed by atoms with Gasteiger partial charge in [0.05, 0.1) is 11.5 Å². The van der Waals surface area contributed by atoms with Gasteiger partial charge in [-0.1, -0.05) is 18.2 Å². The summed E-state index contributed by atoms with van der Waals surface area (Å²) in [7, 11) is 0. The van der Waals surface area contributed by atoms with Gasteiger partial charge in [0.2, 0.25) is 5.91 Å². The van der Waals surface area contributed by atoms with Crippen LogP contribution >= 0.6 is 0 Å². The van der Waals surface area contributed by atoms with Crippen LogP contribution in [0.3, 0.4) is 0 Å². The Kier molecular flexibility index (Phi) is 7.37. The number of nitro groups is 1. The van der Waals surface area contributed by atoms with Crippen molar-refractivity contribution < 1.29 is 28.0 Å². The highest BCUT2D eigenvalue weighted by Gasteiger charge is 2.12. The van der Waals surface area contributed by atoms with Crippen molar-refractivity contribution in [3.8, 4) is 5.75 Å². The molecular weight excluding hydrogens is 376 g/mol. The second-order valence-electron chi connectivity index (χ2n) is 5.61. The van der Waals surface area contributed by atoms with Crippen molar-refractivity contribution in [2.45, 2.75) is 13.0 Å². The standard InChI is InChI=1S/C18H17F2N3O5/c19-18(20)28-15-6-4-12(5-7-15)8-9-21-16(24)11-22-17(25)13-2-1-3-14(10-13)23(26)27/h1-7,10,18H,8-9,11H2,(H,21,24)(H,22,25). The van der Waals surface area contributed by atoms with Crippen LogP contribution in [-0.2, 0) is 11.2 Å². The molecule has 0 unspecified atom stereocenters. The monoisotopic (exact) mass is 393 g/mol. The third kappa shape index (κ3) is 6.63. The lowest BCUT2D eigenvalue weighted by Crippen LogP contribution is -2.37. The summed E-state index contributed by atoms with van der Waals surface area (Å²) in [6.45, 7) is -2.90. The van der Waals surface area contributed by atoms with E-state index in [-0.39, 0.29) is 30.1 Å². The summed E-state index contributed by atoms with van der Waals surface area (Å²) in [5, 5.41) is 15.7. The van der Waals surface area contributed by atoms with Crippen LogP contribution in [0.4, 0.5) is 14.5 Å². The lowest BCUT2D eigenvalue weighted by atomic mass is 10.1. The number of hydrogen-bond acceptors (Lipinski definition) is 5. The molecule has 0 saturated carbocycles. The van der Waals surface area contributed by atoms with Crippen molar-refractivity contribution in [1.29, 1.82) is 0 Å². The first-order valence-corrected chi connectivity index (χ1v) is 8.18. The third-order valence-electron chi connectivity index (χ3n) is 3.61. The first kappa shape index (κ1) is 20.7. The average molecular weight is 393 g/mol. The highest BCUT2D eigenvalue weighted by atomic mass is 19.3. The van der Waals surface area contributed by atoms with Crippen molar-refractivity contribution in [3.05, 3.63) is 69.8 Å². The molecule has 0 aliphatic heterocycles. The summed E-state index contributed by atoms with van der Waals surface area (Å²) < 4.78 is 28.4. The maximum absolute atomic E-state index is 12.1. The number of carbonyl (C=O) groups is 2. The molecule has 0 fully saturated rings. The zero-order valence-electron chi connectivity index (χ0n) is 14.6. The lowest BCUT2D eigenvalue weighted by Gasteiger charge is -2.08. The van der Waals surface area contributed by atoms with Crippen molar-refractivity contribution in [2.75, 3.05) is 13.1 Å². The van der Waals surface area contributed by atoms with Crippen LogP contribution in [0.25, 0.3) is 0 Å². The van der Waals surface area contributed by atoms with Gasteiger partial charge in [0.15, 0.2) is 0 Å². The van der Waals surface area contributed by atoms with Crippen molar-refractivity contribution in [1.82, 2.24) is 10.6 Å². The Morgan fingerprint density at radius 1 is 1.11 bits per heavy atom. The zero-order chi connectivity index (χ0) is 20.5. The molecule has 0 aliphatic carbocycles. The van der Waals surface area contributed by atoms with Crippen molar-refractivity contribution in [3.63, 3.8) is 0 Å². The molecule has 2 N–H and O–H groups in total. The first-order valence-electron chi connectivity index (χ1n) is 8.18. The van der Waals surface area contributed by atoms with Crippen LogP contribution in [0.15, 0.2) is 48.5 Å². The number of amides is 2. The van der Waals surface area contributed by atoms with Gasteiger partial charge < -0.3 is 15.4 Å². The summed E-state index contributed by atoms with van der Waals surface area (Å²) in [6, 6.07) is 11.2. The van der Waals surface area contributed by atoms with Crippen LogP contribution in [0, 0.1) is 10.1 Å². The number of halogens is 2. The van der Waals surface area contributed by atoms with Gasteiger partial charge >= 0.3 is 6.61 Å². The summed E-state index contributed by atoms with van der Waals surface area (Å²) in [5.41, 5.74) is 0.665. The van der Waals surface area contributed by atoms with E-state index in [1.54, 1.807) is 12.1 Å². The molecular formula is C18H17F2N3O5. The molecule has 0 heterocycles. The topological polar surface area (TPSA) is 111 Å². The second-order valence-corrected chi connectivity index (χ2v) is 5.61. The van der Waals surface area contributed by atoms with E-state index < -0.39 is 23.3 Å². The van der Waals surface area contributed by atoms with Gasteiger partial charge in [-0.2, -0.15) is 8.78 Å². The van der Waals surface area contributed by atoms with Gasteiger partial charge in [0, 0.05) is 24.2 Å². The van der Waals surface area contributed by atoms with Gasteiger partial charge in [0.25, 0.3) is 11.6 Å². The van der Waals surface area contributed by atoms with E-state index >= 15 is 0 Å². The number of carbonyl (C=O) groups excluding carboxylic acids is 2. The Bertz CT molecular complexity index is 843. The van der Waals surface area contributed by atoms with Crippen LogP contribution in [-0.4, -0.2) is 36.4 Å². The fraction of sp³-hybridized carbons (Fsp3) is 0.222. The molecule has 2 amide bonds. The minimum Gasteiger partial charge on any atom is -0.435 e. The summed E-state index contributed by atoms with van der Waals surface area (Å²) in [5.74, 6) is -0.989. The van der Waals surface area contributed by atoms with E-state index in [1.165, 1.54) is 30.3 Å². The first-order chi connectivity index (χ1) is 13.3. The number of nitro benzene ring substituents is 1. The van der Waals surface area contributed by atoms with Gasteiger partial charge in [-0.3, -0.25) is 19.7 Å². The van der Waals surface area contributed by atoms with E-state index in [2.05, 4.69) is 15.4 Å². The quantitative estimate of drug-likeness (QED) is 0.502. The van der Waals surface area contributed by atoms with Gasteiger partial charge in [-0.15, -0.1) is 0 Å². The second kappa shape index (κ2) is 9.95. The number of nitrogens with zero attached hydrogens (tertiary/aromatic N) is 1. The molecule has 10 heteroatoms. The molecule has 28 heavy (non-hydrogen) atoms. The molecule has 0 aliphatic rings. The van der Waals surface area contributed by atoms with Crippen molar-refractivity contribution in [2.24, 2.45) is 0 Å². The molecule has 0 atom stereocenters. The largest absolute Gasteiger partial charge is 0.435 e. The minimum atomic E-state index is -2.89. The number of alkyl halides is 2. The number of non-ortho nitro benzene ring substituents is 1. The van der Waals surface area contributed by atoms with Crippen LogP contribution < -0.4 is 15.4 Å². The molecule has 0 spiro atoms.